The highest BCUT2D eigenvalue weighted by molar-refractivity contribution is 7.89. The molecule has 0 unspecified atom stereocenters. The largest absolute Gasteiger partial charge is 0.598 e. The Kier molecular flexibility index (Phi) is 9.97. The molecule has 2 heterocycles. The predicted molar refractivity (Wildman–Crippen MR) is 137 cm³/mol. The Hall–Kier alpha value is -1.90. The number of aryl methyl sites for hydroxylation is 2. The van der Waals surface area contributed by atoms with E-state index in [0.29, 0.717) is 38.1 Å². The van der Waals surface area contributed by atoms with Gasteiger partial charge in [-0.3, -0.25) is 9.79 Å². The van der Waals surface area contributed by atoms with Crippen LogP contribution < -0.4 is 5.32 Å². The summed E-state index contributed by atoms with van der Waals surface area (Å²) in [5, 5.41) is 12.1. The van der Waals surface area contributed by atoms with E-state index >= 15 is 0 Å². The molecular weight excluding hydrogens is 450 g/mol. The van der Waals surface area contributed by atoms with E-state index in [1.165, 1.54) is 38.5 Å². The normalized spacial score (nSPS) is 18.7. The highest BCUT2D eigenvalue weighted by atomic mass is 32.2. The minimum atomic E-state index is -1.14. The lowest BCUT2D eigenvalue weighted by atomic mass is 9.89. The third-order valence-electron chi connectivity index (χ3n) is 7.02. The second-order valence-corrected chi connectivity index (χ2v) is 11.1. The van der Waals surface area contributed by atoms with Gasteiger partial charge in [0.25, 0.3) is 5.91 Å². The van der Waals surface area contributed by atoms with Crippen molar-refractivity contribution >= 4 is 29.1 Å². The Bertz CT molecular complexity index is 881. The molecule has 1 spiro atoms. The van der Waals surface area contributed by atoms with Gasteiger partial charge in [0.1, 0.15) is 17.1 Å². The zero-order valence-corrected chi connectivity index (χ0v) is 21.4. The van der Waals surface area contributed by atoms with E-state index in [2.05, 4.69) is 12.2 Å². The average molecular weight is 490 g/mol. The topological polar surface area (TPSA) is 105 Å². The maximum atomic E-state index is 12.9. The number of piperidine rings is 1. The number of carbonyl (C=O) groups is 2. The van der Waals surface area contributed by atoms with Gasteiger partial charge >= 0.3 is 5.97 Å². The van der Waals surface area contributed by atoms with Crippen LogP contribution in [0.5, 0.6) is 0 Å². The van der Waals surface area contributed by atoms with Gasteiger partial charge < -0.3 is 15.0 Å². The van der Waals surface area contributed by atoms with Crippen molar-refractivity contribution in [1.29, 1.82) is 0 Å². The lowest BCUT2D eigenvalue weighted by Gasteiger charge is -2.35. The number of hydrogen-bond acceptors (Lipinski definition) is 5. The molecule has 1 atom stereocenters. The maximum Gasteiger partial charge on any atom is 0.335 e. The SMILES string of the molecule is CCCCCCCCCC1=NC2(CCN([S@@+]([O-])CCc3ccc(C(=O)O)cc3C)CC2)C(=O)N1. The molecule has 1 saturated heterocycles. The van der Waals surface area contributed by atoms with Crippen molar-refractivity contribution in [1.82, 2.24) is 9.62 Å². The molecule has 188 valence electrons. The number of hydrogen-bond donors (Lipinski definition) is 2. The first-order chi connectivity index (χ1) is 16.3. The quantitative estimate of drug-likeness (QED) is 0.316. The van der Waals surface area contributed by atoms with E-state index in [0.717, 1.165) is 29.8 Å². The molecule has 2 N–H and O–H groups in total. The fourth-order valence-corrected chi connectivity index (χ4v) is 6.03. The van der Waals surface area contributed by atoms with Crippen molar-refractivity contribution in [2.45, 2.75) is 90.0 Å². The standard InChI is InChI=1S/C26H39N3O4S/c1-3-4-5-6-7-8-9-10-23-27-25(32)26(28-23)14-16-29(17-15-26)34(33)18-13-21-11-12-22(24(30)31)19-20(21)2/h11-12,19H,3-10,13-18H2,1-2H3,(H,30,31)(H,27,28,32)/t34-/m0/s1. The molecular formula is C26H39N3O4S. The smallest absolute Gasteiger partial charge is 0.335 e. The van der Waals surface area contributed by atoms with Gasteiger partial charge in [0.05, 0.1) is 5.56 Å². The van der Waals surface area contributed by atoms with Gasteiger partial charge in [0.15, 0.2) is 0 Å². The highest BCUT2D eigenvalue weighted by Gasteiger charge is 2.47. The molecule has 1 aromatic carbocycles. The fourth-order valence-electron chi connectivity index (χ4n) is 4.79. The molecule has 7 nitrogen and oxygen atoms in total. The van der Waals surface area contributed by atoms with E-state index < -0.39 is 22.9 Å². The molecule has 1 amide bonds. The molecule has 0 saturated carbocycles. The summed E-state index contributed by atoms with van der Waals surface area (Å²) >= 11 is -1.14. The van der Waals surface area contributed by atoms with Crippen molar-refractivity contribution in [3.8, 4) is 0 Å². The number of nitrogens with zero attached hydrogens (tertiary/aromatic N) is 2. The van der Waals surface area contributed by atoms with Gasteiger partial charge in [-0.1, -0.05) is 51.5 Å². The molecule has 1 fully saturated rings. The minimum Gasteiger partial charge on any atom is -0.598 e. The van der Waals surface area contributed by atoms with Crippen LogP contribution in [0.1, 0.15) is 92.6 Å². The Morgan fingerprint density at radius 3 is 2.47 bits per heavy atom. The molecule has 0 aliphatic carbocycles. The summed E-state index contributed by atoms with van der Waals surface area (Å²) < 4.78 is 14.8. The molecule has 0 radical (unpaired) electrons. The first-order valence-electron chi connectivity index (χ1n) is 12.7. The van der Waals surface area contributed by atoms with Crippen molar-refractivity contribution in [2.24, 2.45) is 4.99 Å². The first kappa shape index (κ1) is 26.7. The van der Waals surface area contributed by atoms with Gasteiger partial charge in [-0.2, -0.15) is 0 Å². The predicted octanol–water partition coefficient (Wildman–Crippen LogP) is 4.40. The number of nitrogens with one attached hydrogen (secondary N) is 1. The van der Waals surface area contributed by atoms with Crippen molar-refractivity contribution in [2.75, 3.05) is 18.8 Å². The lowest BCUT2D eigenvalue weighted by Crippen LogP contribution is -2.50. The van der Waals surface area contributed by atoms with Gasteiger partial charge in [-0.25, -0.2) is 4.79 Å². The fraction of sp³-hybridized carbons (Fsp3) is 0.654. The Labute approximate surface area is 206 Å². The number of aromatic carboxylic acids is 1. The van der Waals surface area contributed by atoms with Crippen molar-refractivity contribution in [3.63, 3.8) is 0 Å². The summed E-state index contributed by atoms with van der Waals surface area (Å²) in [4.78, 5) is 28.6. The Morgan fingerprint density at radius 2 is 1.82 bits per heavy atom. The number of amides is 1. The van der Waals surface area contributed by atoms with Crippen LogP contribution >= 0.6 is 0 Å². The minimum absolute atomic E-state index is 0.00465. The third kappa shape index (κ3) is 7.06. The van der Waals surface area contributed by atoms with Gasteiger partial charge in [0, 0.05) is 37.3 Å². The number of unbranched alkanes of at least 4 members (excludes halogenated alkanes) is 6. The summed E-state index contributed by atoms with van der Waals surface area (Å²) in [6.45, 7) is 5.29. The van der Waals surface area contributed by atoms with Crippen LogP contribution in [0.3, 0.4) is 0 Å². The van der Waals surface area contributed by atoms with Crippen LogP contribution in [0.2, 0.25) is 0 Å². The van der Waals surface area contributed by atoms with Crippen LogP contribution in [0.4, 0.5) is 0 Å². The lowest BCUT2D eigenvalue weighted by molar-refractivity contribution is -0.124. The van der Waals surface area contributed by atoms with E-state index in [1.807, 2.05) is 17.3 Å². The van der Waals surface area contributed by atoms with E-state index in [1.54, 1.807) is 12.1 Å². The molecule has 2 aliphatic heterocycles. The van der Waals surface area contributed by atoms with E-state index in [-0.39, 0.29) is 11.5 Å². The number of aliphatic imine (C=N–C) groups is 1. The maximum absolute atomic E-state index is 12.9. The van der Waals surface area contributed by atoms with Crippen LogP contribution in [0, 0.1) is 6.92 Å². The molecule has 1 aromatic rings. The second-order valence-electron chi connectivity index (χ2n) is 9.57. The van der Waals surface area contributed by atoms with Gasteiger partial charge in [0.2, 0.25) is 0 Å². The monoisotopic (exact) mass is 489 g/mol. The molecule has 8 heteroatoms. The molecule has 0 aromatic heterocycles. The van der Waals surface area contributed by atoms with Crippen LogP contribution in [0.25, 0.3) is 0 Å². The number of amidine groups is 1. The highest BCUT2D eigenvalue weighted by Crippen LogP contribution is 2.32. The third-order valence-corrected chi connectivity index (χ3v) is 8.51. The number of carboxylic acids is 1. The average Bonchev–Trinajstić information content (AvgIpc) is 3.12. The summed E-state index contributed by atoms with van der Waals surface area (Å²) in [7, 11) is 0. The van der Waals surface area contributed by atoms with Crippen molar-refractivity contribution < 1.29 is 19.2 Å². The summed E-state index contributed by atoms with van der Waals surface area (Å²) in [5.41, 5.74) is 1.51. The van der Waals surface area contributed by atoms with Crippen LogP contribution in [-0.4, -0.2) is 56.1 Å². The van der Waals surface area contributed by atoms with Crippen LogP contribution in [0.15, 0.2) is 23.2 Å². The van der Waals surface area contributed by atoms with Gasteiger partial charge in [-0.15, -0.1) is 4.31 Å². The first-order valence-corrected chi connectivity index (χ1v) is 14.0. The molecule has 2 aliphatic rings. The number of carboxylic acid groups (broad SMARTS) is 1. The van der Waals surface area contributed by atoms with Gasteiger partial charge in [-0.05, 0) is 49.4 Å². The molecule has 3 rings (SSSR count). The Morgan fingerprint density at radius 1 is 1.15 bits per heavy atom. The van der Waals surface area contributed by atoms with E-state index in [9.17, 15) is 14.1 Å². The second kappa shape index (κ2) is 12.7. The van der Waals surface area contributed by atoms with E-state index in [4.69, 9.17) is 10.1 Å². The Balaban J connectivity index is 1.42. The molecule has 0 bridgehead atoms. The molecule has 34 heavy (non-hydrogen) atoms. The number of rotatable bonds is 13. The number of benzene rings is 1. The summed E-state index contributed by atoms with van der Waals surface area (Å²) in [6, 6.07) is 5.07. The summed E-state index contributed by atoms with van der Waals surface area (Å²) in [5.74, 6) is 0.377. The summed E-state index contributed by atoms with van der Waals surface area (Å²) in [6.07, 6.45) is 11.3. The zero-order chi connectivity index (χ0) is 24.6. The van der Waals surface area contributed by atoms with Crippen molar-refractivity contribution in [3.05, 3.63) is 34.9 Å². The van der Waals surface area contributed by atoms with Crippen LogP contribution in [-0.2, 0) is 22.6 Å². The number of carbonyl (C=O) groups excluding carboxylic acids is 1. The zero-order valence-electron chi connectivity index (χ0n) is 20.6.